The quantitative estimate of drug-likeness (QED) is 0.548. The van der Waals surface area contributed by atoms with E-state index in [1.54, 1.807) is 0 Å². The number of nitrogens with zero attached hydrogens (tertiary/aromatic N) is 2. The summed E-state index contributed by atoms with van der Waals surface area (Å²) in [6.07, 6.45) is 6.76. The molecule has 2 saturated carbocycles. The third-order valence-electron chi connectivity index (χ3n) is 2.33. The first kappa shape index (κ1) is 7.56. The van der Waals surface area contributed by atoms with Crippen LogP contribution in [0.1, 0.15) is 39.0 Å². The molecule has 0 aromatic heterocycles. The summed E-state index contributed by atoms with van der Waals surface area (Å²) in [5.41, 5.74) is 4.60. The Labute approximate surface area is 68.9 Å². The molecule has 0 aromatic rings. The van der Waals surface area contributed by atoms with E-state index in [4.69, 9.17) is 0 Å². The van der Waals surface area contributed by atoms with E-state index < -0.39 is 0 Å². The van der Waals surface area contributed by atoms with Gasteiger partial charge in [0, 0.05) is 18.6 Å². The summed E-state index contributed by atoms with van der Waals surface area (Å²) in [4.78, 5) is 0. The van der Waals surface area contributed by atoms with Gasteiger partial charge in [-0.05, 0) is 32.1 Å². The van der Waals surface area contributed by atoms with Gasteiger partial charge in [0.05, 0.1) is 0 Å². The van der Waals surface area contributed by atoms with Gasteiger partial charge in [0.2, 0.25) is 0 Å². The molecule has 0 unspecified atom stereocenters. The highest BCUT2D eigenvalue weighted by Crippen LogP contribution is 2.35. The second-order valence-electron chi connectivity index (χ2n) is 3.71. The molecule has 11 heavy (non-hydrogen) atoms. The predicted octanol–water partition coefficient (Wildman–Crippen LogP) is 1.54. The van der Waals surface area contributed by atoms with E-state index in [-0.39, 0.29) is 0 Å². The van der Waals surface area contributed by atoms with Crippen molar-refractivity contribution in [2.45, 2.75) is 51.1 Å². The van der Waals surface area contributed by atoms with Crippen LogP contribution in [-0.2, 0) is 0 Å². The molecule has 2 nitrogen and oxygen atoms in total. The van der Waals surface area contributed by atoms with Crippen molar-refractivity contribution in [1.29, 1.82) is 0 Å². The molecular formula is C9H17N2. The van der Waals surface area contributed by atoms with E-state index in [1.807, 2.05) is 0 Å². The van der Waals surface area contributed by atoms with Gasteiger partial charge in [-0.25, -0.2) is 5.01 Å². The Balaban J connectivity index is 1.73. The second kappa shape index (κ2) is 3.11. The lowest BCUT2D eigenvalue weighted by atomic mass is 10.5. The monoisotopic (exact) mass is 153 g/mol. The van der Waals surface area contributed by atoms with Crippen LogP contribution in [0.2, 0.25) is 0 Å². The second-order valence-corrected chi connectivity index (χ2v) is 3.71. The smallest absolute Gasteiger partial charge is 0.0304 e. The van der Waals surface area contributed by atoms with Gasteiger partial charge in [-0.15, -0.1) is 0 Å². The third kappa shape index (κ3) is 1.94. The van der Waals surface area contributed by atoms with Crippen molar-refractivity contribution in [3.8, 4) is 0 Å². The summed E-state index contributed by atoms with van der Waals surface area (Å²) < 4.78 is 0. The molecule has 0 spiro atoms. The number of rotatable bonds is 5. The minimum absolute atomic E-state index is 0.842. The zero-order valence-electron chi connectivity index (χ0n) is 7.29. The Morgan fingerprint density at radius 2 is 1.73 bits per heavy atom. The minimum Gasteiger partial charge on any atom is -0.221 e. The molecule has 63 valence electrons. The van der Waals surface area contributed by atoms with Crippen molar-refractivity contribution < 1.29 is 0 Å². The maximum atomic E-state index is 4.60. The van der Waals surface area contributed by atoms with E-state index in [1.165, 1.54) is 32.1 Å². The highest BCUT2D eigenvalue weighted by atomic mass is 15.6. The Hall–Kier alpha value is -0.0800. The lowest BCUT2D eigenvalue weighted by Gasteiger charge is -2.19. The molecule has 2 rings (SSSR count). The van der Waals surface area contributed by atoms with Crippen LogP contribution in [0.25, 0.3) is 0 Å². The molecular weight excluding hydrogens is 136 g/mol. The zero-order chi connectivity index (χ0) is 7.68. The summed E-state index contributed by atoms with van der Waals surface area (Å²) in [5, 5.41) is 2.39. The first-order valence-electron chi connectivity index (χ1n) is 4.87. The largest absolute Gasteiger partial charge is 0.221 e. The molecule has 2 aliphatic carbocycles. The van der Waals surface area contributed by atoms with Gasteiger partial charge in [-0.3, -0.25) is 0 Å². The van der Waals surface area contributed by atoms with Crippen LogP contribution in [0.3, 0.4) is 0 Å². The maximum absolute atomic E-state index is 4.60. The predicted molar refractivity (Wildman–Crippen MR) is 45.2 cm³/mol. The van der Waals surface area contributed by atoms with Gasteiger partial charge in [0.15, 0.2) is 0 Å². The van der Waals surface area contributed by atoms with Crippen molar-refractivity contribution in [2.75, 3.05) is 6.54 Å². The van der Waals surface area contributed by atoms with Crippen molar-refractivity contribution in [1.82, 2.24) is 10.4 Å². The summed E-state index contributed by atoms with van der Waals surface area (Å²) in [6.45, 7) is 3.23. The summed E-state index contributed by atoms with van der Waals surface area (Å²) in [7, 11) is 0. The van der Waals surface area contributed by atoms with Crippen LogP contribution < -0.4 is 5.43 Å². The first-order chi connectivity index (χ1) is 5.42. The minimum atomic E-state index is 0.842. The Kier molecular flexibility index (Phi) is 2.14. The lowest BCUT2D eigenvalue weighted by Crippen LogP contribution is -2.36. The Bertz CT molecular complexity index is 116. The molecule has 2 fully saturated rings. The maximum Gasteiger partial charge on any atom is 0.0304 e. The standard InChI is InChI=1S/C9H17N2/c1-2-7-10-11(8-3-4-8)9-5-6-9/h8-9H,2-7H2,1H3. The highest BCUT2D eigenvalue weighted by molar-refractivity contribution is 4.92. The average molecular weight is 153 g/mol. The molecule has 0 bridgehead atoms. The van der Waals surface area contributed by atoms with Gasteiger partial charge in [0.1, 0.15) is 0 Å². The van der Waals surface area contributed by atoms with E-state index in [0.29, 0.717) is 0 Å². The van der Waals surface area contributed by atoms with E-state index >= 15 is 0 Å². The molecule has 0 saturated heterocycles. The van der Waals surface area contributed by atoms with E-state index in [2.05, 4.69) is 17.4 Å². The molecule has 0 amide bonds. The van der Waals surface area contributed by atoms with Crippen LogP contribution >= 0.6 is 0 Å². The third-order valence-corrected chi connectivity index (χ3v) is 2.33. The van der Waals surface area contributed by atoms with E-state index in [0.717, 1.165) is 18.6 Å². The van der Waals surface area contributed by atoms with Crippen LogP contribution in [0, 0.1) is 0 Å². The van der Waals surface area contributed by atoms with Crippen LogP contribution in [0.4, 0.5) is 0 Å². The van der Waals surface area contributed by atoms with E-state index in [9.17, 15) is 0 Å². The highest BCUT2D eigenvalue weighted by Gasteiger charge is 2.39. The summed E-state index contributed by atoms with van der Waals surface area (Å²) in [6, 6.07) is 1.68. The molecule has 0 N–H and O–H groups in total. The topological polar surface area (TPSA) is 17.3 Å². The normalized spacial score (nSPS) is 24.5. The average Bonchev–Trinajstić information content (AvgIpc) is 2.85. The lowest BCUT2D eigenvalue weighted by molar-refractivity contribution is 0.159. The van der Waals surface area contributed by atoms with Crippen LogP contribution in [0.15, 0.2) is 0 Å². The fourth-order valence-corrected chi connectivity index (χ4v) is 1.42. The van der Waals surface area contributed by atoms with Crippen molar-refractivity contribution in [3.63, 3.8) is 0 Å². The Morgan fingerprint density at radius 1 is 1.18 bits per heavy atom. The molecule has 0 atom stereocenters. The van der Waals surface area contributed by atoms with Crippen LogP contribution in [-0.4, -0.2) is 23.6 Å². The van der Waals surface area contributed by atoms with Gasteiger partial charge in [-0.1, -0.05) is 6.92 Å². The van der Waals surface area contributed by atoms with Crippen molar-refractivity contribution in [2.24, 2.45) is 0 Å². The molecule has 2 aliphatic rings. The molecule has 0 heterocycles. The molecule has 1 radical (unpaired) electrons. The van der Waals surface area contributed by atoms with Gasteiger partial charge >= 0.3 is 0 Å². The summed E-state index contributed by atoms with van der Waals surface area (Å²) >= 11 is 0. The van der Waals surface area contributed by atoms with Gasteiger partial charge in [-0.2, -0.15) is 5.43 Å². The Morgan fingerprint density at radius 3 is 2.09 bits per heavy atom. The zero-order valence-corrected chi connectivity index (χ0v) is 7.29. The van der Waals surface area contributed by atoms with Crippen LogP contribution in [0.5, 0.6) is 0 Å². The molecule has 2 heteroatoms. The van der Waals surface area contributed by atoms with Gasteiger partial charge in [0.25, 0.3) is 0 Å². The fourth-order valence-electron chi connectivity index (χ4n) is 1.42. The number of hydrogen-bond acceptors (Lipinski definition) is 1. The summed E-state index contributed by atoms with van der Waals surface area (Å²) in [5.74, 6) is 0. The van der Waals surface area contributed by atoms with Gasteiger partial charge < -0.3 is 0 Å². The van der Waals surface area contributed by atoms with Crippen molar-refractivity contribution in [3.05, 3.63) is 0 Å². The molecule has 0 aliphatic heterocycles. The fraction of sp³-hybridized carbons (Fsp3) is 1.00. The number of hydrogen-bond donors (Lipinski definition) is 0. The van der Waals surface area contributed by atoms with Crippen molar-refractivity contribution >= 4 is 0 Å². The SMILES string of the molecule is CCC[N]N(C1CC1)C1CC1. The first-order valence-corrected chi connectivity index (χ1v) is 4.87. The molecule has 0 aromatic carbocycles.